The molecule has 0 aliphatic carbocycles. The van der Waals surface area contributed by atoms with E-state index in [-0.39, 0.29) is 24.4 Å². The molecule has 0 radical (unpaired) electrons. The van der Waals surface area contributed by atoms with E-state index in [1.807, 2.05) is 24.3 Å². The summed E-state index contributed by atoms with van der Waals surface area (Å²) in [6.45, 7) is 0.583. The number of halogens is 1. The summed E-state index contributed by atoms with van der Waals surface area (Å²) >= 11 is 3.33. The number of H-pyrrole nitrogens is 1. The number of ether oxygens (including phenoxy) is 1. The van der Waals surface area contributed by atoms with Crippen molar-refractivity contribution < 1.29 is 9.53 Å². The average Bonchev–Trinajstić information content (AvgIpc) is 2.70. The van der Waals surface area contributed by atoms with E-state index in [1.54, 1.807) is 25.3 Å². The van der Waals surface area contributed by atoms with Gasteiger partial charge >= 0.3 is 5.69 Å². The number of aromatic amines is 1. The van der Waals surface area contributed by atoms with E-state index in [0.717, 1.165) is 20.4 Å². The van der Waals surface area contributed by atoms with Crippen LogP contribution >= 0.6 is 15.9 Å². The fourth-order valence-corrected chi connectivity index (χ4v) is 3.22. The van der Waals surface area contributed by atoms with Crippen LogP contribution in [0.1, 0.15) is 18.4 Å². The van der Waals surface area contributed by atoms with Crippen molar-refractivity contribution in [3.05, 3.63) is 73.3 Å². The topological polar surface area (TPSA) is 93.2 Å². The van der Waals surface area contributed by atoms with Gasteiger partial charge < -0.3 is 15.0 Å². The molecule has 0 saturated heterocycles. The van der Waals surface area contributed by atoms with Crippen LogP contribution in [0.5, 0.6) is 5.75 Å². The molecule has 8 heteroatoms. The van der Waals surface area contributed by atoms with Gasteiger partial charge in [0.2, 0.25) is 5.91 Å². The first-order chi connectivity index (χ1) is 13.5. The number of nitrogens with one attached hydrogen (secondary N) is 2. The molecule has 0 aliphatic heterocycles. The maximum Gasteiger partial charge on any atom is 0.328 e. The highest BCUT2D eigenvalue weighted by atomic mass is 79.9. The summed E-state index contributed by atoms with van der Waals surface area (Å²) in [4.78, 5) is 39.5. The zero-order valence-corrected chi connectivity index (χ0v) is 16.9. The predicted molar refractivity (Wildman–Crippen MR) is 111 cm³/mol. The molecule has 2 N–H and O–H groups in total. The molecule has 0 fully saturated rings. The molecule has 1 amide bonds. The van der Waals surface area contributed by atoms with E-state index < -0.39 is 5.69 Å². The number of nitrogens with zero attached hydrogens (tertiary/aromatic N) is 1. The molecule has 3 rings (SSSR count). The van der Waals surface area contributed by atoms with Crippen LogP contribution < -0.4 is 21.3 Å². The van der Waals surface area contributed by atoms with Gasteiger partial charge in [-0.1, -0.05) is 28.1 Å². The molecule has 2 aromatic carbocycles. The van der Waals surface area contributed by atoms with Crippen LogP contribution in [0, 0.1) is 0 Å². The minimum Gasteiger partial charge on any atom is -0.497 e. The molecule has 1 aromatic heterocycles. The molecule has 3 aromatic rings. The highest BCUT2D eigenvalue weighted by Gasteiger charge is 2.09. The van der Waals surface area contributed by atoms with Crippen molar-refractivity contribution in [2.24, 2.45) is 0 Å². The summed E-state index contributed by atoms with van der Waals surface area (Å²) < 4.78 is 6.99. The third-order valence-electron chi connectivity index (χ3n) is 4.38. The van der Waals surface area contributed by atoms with Crippen molar-refractivity contribution in [1.82, 2.24) is 14.9 Å². The van der Waals surface area contributed by atoms with Crippen molar-refractivity contribution in [2.75, 3.05) is 7.11 Å². The molecule has 0 unspecified atom stereocenters. The molecular formula is C20H20BrN3O4. The predicted octanol–water partition coefficient (Wildman–Crippen LogP) is 2.56. The summed E-state index contributed by atoms with van der Waals surface area (Å²) in [6.07, 6.45) is 0.607. The van der Waals surface area contributed by atoms with Crippen LogP contribution in [-0.2, 0) is 17.9 Å². The summed E-state index contributed by atoms with van der Waals surface area (Å²) in [7, 11) is 1.60. The normalized spacial score (nSPS) is 10.8. The van der Waals surface area contributed by atoms with Gasteiger partial charge in [-0.15, -0.1) is 0 Å². The molecule has 0 atom stereocenters. The molecule has 7 nitrogen and oxygen atoms in total. The number of carbonyl (C=O) groups is 1. The standard InChI is InChI=1S/C20H20BrN3O4/c1-28-15-7-4-13(5-8-15)12-22-18(25)3-2-10-24-19(26)16-11-14(21)6-9-17(16)23-20(24)27/h4-9,11H,2-3,10,12H2,1H3,(H,22,25)(H,23,27). The van der Waals surface area contributed by atoms with Crippen LogP contribution in [0.4, 0.5) is 0 Å². The second-order valence-electron chi connectivity index (χ2n) is 6.31. The minimum atomic E-state index is -0.474. The number of carbonyl (C=O) groups excluding carboxylic acids is 1. The largest absolute Gasteiger partial charge is 0.497 e. The Morgan fingerprint density at radius 3 is 2.64 bits per heavy atom. The third-order valence-corrected chi connectivity index (χ3v) is 4.87. The molecule has 146 valence electrons. The van der Waals surface area contributed by atoms with E-state index in [0.29, 0.717) is 23.9 Å². The van der Waals surface area contributed by atoms with Gasteiger partial charge in [0, 0.05) is 24.0 Å². The minimum absolute atomic E-state index is 0.135. The van der Waals surface area contributed by atoms with Gasteiger partial charge in [0.05, 0.1) is 18.0 Å². The van der Waals surface area contributed by atoms with E-state index in [4.69, 9.17) is 4.74 Å². The smallest absolute Gasteiger partial charge is 0.328 e. The molecule has 28 heavy (non-hydrogen) atoms. The Hall–Kier alpha value is -2.87. The van der Waals surface area contributed by atoms with Crippen LogP contribution in [0.3, 0.4) is 0 Å². The van der Waals surface area contributed by atoms with Crippen molar-refractivity contribution in [1.29, 1.82) is 0 Å². The lowest BCUT2D eigenvalue weighted by atomic mass is 10.2. The average molecular weight is 446 g/mol. The lowest BCUT2D eigenvalue weighted by Gasteiger charge is -2.08. The first-order valence-corrected chi connectivity index (χ1v) is 9.59. The van der Waals surface area contributed by atoms with Gasteiger partial charge in [-0.25, -0.2) is 4.79 Å². The van der Waals surface area contributed by atoms with Gasteiger partial charge in [-0.05, 0) is 42.3 Å². The Kier molecular flexibility index (Phi) is 6.30. The zero-order chi connectivity index (χ0) is 20.1. The number of rotatable bonds is 7. The Balaban J connectivity index is 1.57. The lowest BCUT2D eigenvalue weighted by molar-refractivity contribution is -0.121. The quantitative estimate of drug-likeness (QED) is 0.584. The Morgan fingerprint density at radius 1 is 1.18 bits per heavy atom. The molecule has 0 saturated carbocycles. The van der Waals surface area contributed by atoms with E-state index in [9.17, 15) is 14.4 Å². The molecule has 1 heterocycles. The number of fused-ring (bicyclic) bond motifs is 1. The highest BCUT2D eigenvalue weighted by Crippen LogP contribution is 2.14. The second-order valence-corrected chi connectivity index (χ2v) is 7.22. The van der Waals surface area contributed by atoms with Crippen molar-refractivity contribution in [2.45, 2.75) is 25.9 Å². The van der Waals surface area contributed by atoms with E-state index in [1.165, 1.54) is 0 Å². The van der Waals surface area contributed by atoms with Gasteiger partial charge in [0.25, 0.3) is 5.56 Å². The Bertz CT molecular complexity index is 1100. The summed E-state index contributed by atoms with van der Waals surface area (Å²) in [5.74, 6) is 0.622. The summed E-state index contributed by atoms with van der Waals surface area (Å²) in [5.41, 5.74) is 0.616. The van der Waals surface area contributed by atoms with Crippen LogP contribution in [0.15, 0.2) is 56.5 Å². The third kappa shape index (κ3) is 4.69. The fourth-order valence-electron chi connectivity index (χ4n) is 2.86. The van der Waals surface area contributed by atoms with Crippen LogP contribution in [-0.4, -0.2) is 22.6 Å². The zero-order valence-electron chi connectivity index (χ0n) is 15.3. The lowest BCUT2D eigenvalue weighted by Crippen LogP contribution is -2.35. The van der Waals surface area contributed by atoms with Gasteiger partial charge in [-0.2, -0.15) is 0 Å². The number of hydrogen-bond acceptors (Lipinski definition) is 4. The van der Waals surface area contributed by atoms with Gasteiger partial charge in [0.1, 0.15) is 5.75 Å². The van der Waals surface area contributed by atoms with Crippen LogP contribution in [0.25, 0.3) is 10.9 Å². The molecule has 0 bridgehead atoms. The van der Waals surface area contributed by atoms with Crippen molar-refractivity contribution in [3.63, 3.8) is 0 Å². The number of methoxy groups -OCH3 is 1. The van der Waals surface area contributed by atoms with Gasteiger partial charge in [0.15, 0.2) is 0 Å². The number of aromatic nitrogens is 2. The van der Waals surface area contributed by atoms with E-state index >= 15 is 0 Å². The SMILES string of the molecule is COc1ccc(CNC(=O)CCCn2c(=O)[nH]c3ccc(Br)cc3c2=O)cc1. The first-order valence-electron chi connectivity index (χ1n) is 8.80. The fraction of sp³-hybridized carbons (Fsp3) is 0.250. The Labute approximate surface area is 169 Å². The monoisotopic (exact) mass is 445 g/mol. The highest BCUT2D eigenvalue weighted by molar-refractivity contribution is 9.10. The van der Waals surface area contributed by atoms with Gasteiger partial charge in [-0.3, -0.25) is 14.2 Å². The van der Waals surface area contributed by atoms with Crippen molar-refractivity contribution in [3.8, 4) is 5.75 Å². The first kappa shape index (κ1) is 19.9. The van der Waals surface area contributed by atoms with Crippen molar-refractivity contribution >= 4 is 32.7 Å². The second kappa shape index (κ2) is 8.88. The number of amides is 1. The summed E-state index contributed by atoms with van der Waals surface area (Å²) in [5, 5.41) is 3.26. The molecule has 0 spiro atoms. The van der Waals surface area contributed by atoms with Crippen LogP contribution in [0.2, 0.25) is 0 Å². The maximum absolute atomic E-state index is 12.6. The summed E-state index contributed by atoms with van der Waals surface area (Å²) in [6, 6.07) is 12.5. The molecular weight excluding hydrogens is 426 g/mol. The Morgan fingerprint density at radius 2 is 1.93 bits per heavy atom. The maximum atomic E-state index is 12.6. The molecule has 0 aliphatic rings. The number of benzene rings is 2. The number of hydrogen-bond donors (Lipinski definition) is 2. The van der Waals surface area contributed by atoms with E-state index in [2.05, 4.69) is 26.2 Å².